The molecule has 2 aromatic rings. The first kappa shape index (κ1) is 20.4. The molecule has 0 saturated carbocycles. The van der Waals surface area contributed by atoms with Crippen LogP contribution in [0.2, 0.25) is 0 Å². The van der Waals surface area contributed by atoms with Gasteiger partial charge in [0, 0.05) is 26.3 Å². The molecule has 2 N–H and O–H groups in total. The Balaban J connectivity index is 0.00000288. The van der Waals surface area contributed by atoms with E-state index in [-0.39, 0.29) is 29.8 Å². The molecule has 0 amide bonds. The zero-order valence-electron chi connectivity index (χ0n) is 14.1. The Bertz CT molecular complexity index is 624. The van der Waals surface area contributed by atoms with Crippen molar-refractivity contribution in [2.75, 3.05) is 13.1 Å². The molecule has 24 heavy (non-hydrogen) atoms. The summed E-state index contributed by atoms with van der Waals surface area (Å²) in [6.45, 7) is 4.20. The van der Waals surface area contributed by atoms with Crippen LogP contribution in [0.1, 0.15) is 24.5 Å². The fraction of sp³-hybridized carbons (Fsp3) is 0.412. The normalized spacial score (nSPS) is 11.0. The summed E-state index contributed by atoms with van der Waals surface area (Å²) in [5.74, 6) is 0.557. The summed E-state index contributed by atoms with van der Waals surface area (Å²) in [5, 5.41) is 10.7. The van der Waals surface area contributed by atoms with Crippen molar-refractivity contribution in [3.8, 4) is 0 Å². The molecule has 132 valence electrons. The predicted molar refractivity (Wildman–Crippen MR) is 106 cm³/mol. The van der Waals surface area contributed by atoms with Gasteiger partial charge in [-0.05, 0) is 43.0 Å². The van der Waals surface area contributed by atoms with E-state index in [1.54, 1.807) is 12.1 Å². The van der Waals surface area contributed by atoms with Crippen LogP contribution in [0, 0.1) is 5.82 Å². The van der Waals surface area contributed by atoms with E-state index in [0.29, 0.717) is 6.54 Å². The Labute approximate surface area is 159 Å². The quantitative estimate of drug-likeness (QED) is 0.298. The number of guanidine groups is 1. The maximum Gasteiger partial charge on any atom is 0.191 e. The van der Waals surface area contributed by atoms with Crippen LogP contribution in [0.25, 0.3) is 0 Å². The average molecular weight is 445 g/mol. The van der Waals surface area contributed by atoms with Crippen LogP contribution in [-0.2, 0) is 20.0 Å². The topological polar surface area (TPSA) is 54.2 Å². The van der Waals surface area contributed by atoms with Crippen molar-refractivity contribution in [1.29, 1.82) is 0 Å². The monoisotopic (exact) mass is 445 g/mol. The summed E-state index contributed by atoms with van der Waals surface area (Å²) in [6.07, 6.45) is 5.92. The van der Waals surface area contributed by atoms with Gasteiger partial charge in [-0.25, -0.2) is 9.38 Å². The van der Waals surface area contributed by atoms with Gasteiger partial charge in [0.1, 0.15) is 5.82 Å². The number of benzene rings is 1. The smallest absolute Gasteiger partial charge is 0.191 e. The van der Waals surface area contributed by atoms with E-state index in [1.165, 1.54) is 17.7 Å². The zero-order chi connectivity index (χ0) is 16.5. The molecule has 0 aliphatic heterocycles. The van der Waals surface area contributed by atoms with Crippen LogP contribution in [0.4, 0.5) is 4.39 Å². The Kier molecular flexibility index (Phi) is 9.36. The largest absolute Gasteiger partial charge is 0.357 e. The van der Waals surface area contributed by atoms with E-state index < -0.39 is 0 Å². The van der Waals surface area contributed by atoms with Crippen molar-refractivity contribution in [2.45, 2.75) is 26.3 Å². The van der Waals surface area contributed by atoms with Crippen molar-refractivity contribution in [3.63, 3.8) is 0 Å². The van der Waals surface area contributed by atoms with Crippen LogP contribution >= 0.6 is 24.0 Å². The lowest BCUT2D eigenvalue weighted by molar-refractivity contribution is 0.627. The highest BCUT2D eigenvalue weighted by atomic mass is 127. The first-order chi connectivity index (χ1) is 11.2. The molecule has 1 aromatic carbocycles. The van der Waals surface area contributed by atoms with Crippen molar-refractivity contribution in [2.24, 2.45) is 12.0 Å². The number of halogens is 2. The number of hydrogen-bond donors (Lipinski definition) is 2. The number of hydrogen-bond acceptors (Lipinski definition) is 2. The van der Waals surface area contributed by atoms with Crippen molar-refractivity contribution < 1.29 is 4.39 Å². The minimum atomic E-state index is -0.224. The van der Waals surface area contributed by atoms with Gasteiger partial charge < -0.3 is 10.6 Å². The standard InChI is InChI=1S/C17H24FN5.HI/c1-3-19-17(21-11-14-6-8-16(18)9-7-14)20-10-4-5-15-12-22-23(2)13-15;/h6-9,12-13H,3-5,10-11H2,1-2H3,(H2,19,20,21);1H. The molecule has 0 saturated heterocycles. The Morgan fingerprint density at radius 2 is 1.96 bits per heavy atom. The lowest BCUT2D eigenvalue weighted by atomic mass is 10.2. The van der Waals surface area contributed by atoms with Gasteiger partial charge in [-0.3, -0.25) is 4.68 Å². The van der Waals surface area contributed by atoms with E-state index >= 15 is 0 Å². The molecule has 0 fully saturated rings. The summed E-state index contributed by atoms with van der Waals surface area (Å²) < 4.78 is 14.7. The highest BCUT2D eigenvalue weighted by molar-refractivity contribution is 14.0. The van der Waals surface area contributed by atoms with Gasteiger partial charge in [0.15, 0.2) is 5.96 Å². The van der Waals surface area contributed by atoms with Crippen LogP contribution in [-0.4, -0.2) is 28.8 Å². The highest BCUT2D eigenvalue weighted by Crippen LogP contribution is 2.04. The molecule has 1 aromatic heterocycles. The van der Waals surface area contributed by atoms with Gasteiger partial charge in [0.25, 0.3) is 0 Å². The predicted octanol–water partition coefficient (Wildman–Crippen LogP) is 2.87. The lowest BCUT2D eigenvalue weighted by Gasteiger charge is -2.11. The second kappa shape index (κ2) is 11.0. The van der Waals surface area contributed by atoms with Gasteiger partial charge in [0.05, 0.1) is 12.7 Å². The molecule has 2 rings (SSSR count). The molecule has 0 unspecified atom stereocenters. The van der Waals surface area contributed by atoms with E-state index in [2.05, 4.69) is 20.7 Å². The molecule has 0 aliphatic rings. The average Bonchev–Trinajstić information content (AvgIpc) is 2.96. The van der Waals surface area contributed by atoms with Crippen molar-refractivity contribution in [1.82, 2.24) is 20.4 Å². The fourth-order valence-corrected chi connectivity index (χ4v) is 2.20. The Morgan fingerprint density at radius 1 is 1.21 bits per heavy atom. The molecule has 0 atom stereocenters. The maximum absolute atomic E-state index is 12.9. The third-order valence-corrected chi connectivity index (χ3v) is 3.37. The number of nitrogens with zero attached hydrogens (tertiary/aromatic N) is 3. The van der Waals surface area contributed by atoms with Crippen LogP contribution in [0.3, 0.4) is 0 Å². The number of rotatable bonds is 7. The molecule has 0 bridgehead atoms. The molecule has 1 heterocycles. The third-order valence-electron chi connectivity index (χ3n) is 3.37. The molecule has 7 heteroatoms. The van der Waals surface area contributed by atoms with E-state index in [9.17, 15) is 4.39 Å². The van der Waals surface area contributed by atoms with E-state index in [1.807, 2.05) is 31.0 Å². The fourth-order valence-electron chi connectivity index (χ4n) is 2.20. The molecular formula is C17H25FIN5. The minimum absolute atomic E-state index is 0. The summed E-state index contributed by atoms with van der Waals surface area (Å²) in [4.78, 5) is 4.52. The van der Waals surface area contributed by atoms with Gasteiger partial charge in [-0.1, -0.05) is 12.1 Å². The van der Waals surface area contributed by atoms with E-state index in [4.69, 9.17) is 0 Å². The number of aliphatic imine (C=N–C) groups is 1. The third kappa shape index (κ3) is 7.29. The first-order valence-electron chi connectivity index (χ1n) is 7.91. The number of nitrogens with one attached hydrogen (secondary N) is 2. The Morgan fingerprint density at radius 3 is 2.58 bits per heavy atom. The number of aryl methyl sites for hydroxylation is 2. The van der Waals surface area contributed by atoms with Crippen LogP contribution < -0.4 is 10.6 Å². The SMILES string of the molecule is CCNC(=NCc1ccc(F)cc1)NCCCc1cnn(C)c1.I. The zero-order valence-corrected chi connectivity index (χ0v) is 16.5. The van der Waals surface area contributed by atoms with Gasteiger partial charge >= 0.3 is 0 Å². The molecular weight excluding hydrogens is 420 g/mol. The number of aromatic nitrogens is 2. The van der Waals surface area contributed by atoms with Crippen molar-refractivity contribution >= 4 is 29.9 Å². The first-order valence-corrected chi connectivity index (χ1v) is 7.91. The second-order valence-corrected chi connectivity index (χ2v) is 5.37. The van der Waals surface area contributed by atoms with Crippen molar-refractivity contribution in [3.05, 3.63) is 53.6 Å². The summed E-state index contributed by atoms with van der Waals surface area (Å²) in [6, 6.07) is 6.42. The maximum atomic E-state index is 12.9. The van der Waals surface area contributed by atoms with Crippen LogP contribution in [0.5, 0.6) is 0 Å². The summed E-state index contributed by atoms with van der Waals surface area (Å²) in [5.41, 5.74) is 2.22. The lowest BCUT2D eigenvalue weighted by Crippen LogP contribution is -2.37. The van der Waals surface area contributed by atoms with Gasteiger partial charge in [-0.15, -0.1) is 24.0 Å². The highest BCUT2D eigenvalue weighted by Gasteiger charge is 2.00. The molecule has 0 aliphatic carbocycles. The van der Waals surface area contributed by atoms with E-state index in [0.717, 1.165) is 37.5 Å². The molecule has 0 radical (unpaired) electrons. The second-order valence-electron chi connectivity index (χ2n) is 5.37. The Hall–Kier alpha value is -1.64. The van der Waals surface area contributed by atoms with Gasteiger partial charge in [-0.2, -0.15) is 5.10 Å². The summed E-state index contributed by atoms with van der Waals surface area (Å²) in [7, 11) is 1.92. The summed E-state index contributed by atoms with van der Waals surface area (Å²) >= 11 is 0. The van der Waals surface area contributed by atoms with Gasteiger partial charge in [0.2, 0.25) is 0 Å². The molecule has 5 nitrogen and oxygen atoms in total. The van der Waals surface area contributed by atoms with Crippen LogP contribution in [0.15, 0.2) is 41.7 Å². The minimum Gasteiger partial charge on any atom is -0.357 e. The molecule has 0 spiro atoms.